The van der Waals surface area contributed by atoms with Gasteiger partial charge in [0.25, 0.3) is 0 Å². The molecule has 0 aromatic rings. The van der Waals surface area contributed by atoms with E-state index in [1.54, 1.807) is 6.08 Å². The summed E-state index contributed by atoms with van der Waals surface area (Å²) < 4.78 is 16.5. The molecule has 4 aliphatic rings. The zero-order valence-electron chi connectivity index (χ0n) is 13.9. The molecule has 0 bridgehead atoms. The van der Waals surface area contributed by atoms with Gasteiger partial charge in [-0.05, 0) is 44.1 Å². The van der Waals surface area contributed by atoms with Gasteiger partial charge in [-0.25, -0.2) is 4.39 Å². The average Bonchev–Trinajstić information content (AvgIpc) is 2.77. The number of alkyl halides is 1. The van der Waals surface area contributed by atoms with E-state index in [4.69, 9.17) is 0 Å². The zero-order chi connectivity index (χ0) is 16.6. The first-order chi connectivity index (χ1) is 10.7. The van der Waals surface area contributed by atoms with Gasteiger partial charge in [0.1, 0.15) is 11.5 Å². The van der Waals surface area contributed by atoms with Crippen LogP contribution in [-0.2, 0) is 9.59 Å². The second-order valence-electron chi connectivity index (χ2n) is 8.59. The zero-order valence-corrected chi connectivity index (χ0v) is 13.9. The van der Waals surface area contributed by atoms with Crippen molar-refractivity contribution in [2.75, 3.05) is 0 Å². The normalized spacial score (nSPS) is 52.5. The van der Waals surface area contributed by atoms with E-state index in [-0.39, 0.29) is 29.8 Å². The molecule has 3 saturated carbocycles. The highest BCUT2D eigenvalue weighted by Gasteiger charge is 2.70. The number of carbonyl (C=O) groups is 2. The first-order valence-electron chi connectivity index (χ1n) is 8.87. The summed E-state index contributed by atoms with van der Waals surface area (Å²) in [5, 5.41) is 10.8. The lowest BCUT2D eigenvalue weighted by atomic mass is 9.45. The molecular weight excluding hydrogens is 295 g/mol. The number of aliphatic hydroxyl groups excluding tert-OH is 1. The minimum Gasteiger partial charge on any atom is -0.390 e. The molecule has 126 valence electrons. The first kappa shape index (κ1) is 15.5. The number of rotatable bonds is 0. The largest absolute Gasteiger partial charge is 0.390 e. The molecule has 0 spiro atoms. The predicted molar refractivity (Wildman–Crippen MR) is 83.5 cm³/mol. The Morgan fingerprint density at radius 3 is 2.57 bits per heavy atom. The number of halogens is 1. The fourth-order valence-corrected chi connectivity index (χ4v) is 6.34. The summed E-state index contributed by atoms with van der Waals surface area (Å²) in [5.41, 5.74) is -2.18. The third-order valence-electron chi connectivity index (χ3n) is 7.75. The van der Waals surface area contributed by atoms with Crippen molar-refractivity contribution in [3.05, 3.63) is 11.6 Å². The fraction of sp³-hybridized carbons (Fsp3) is 0.789. The molecular formula is C19H25FO3. The summed E-state index contributed by atoms with van der Waals surface area (Å²) in [6, 6.07) is 0. The number of carbonyl (C=O) groups excluding carboxylic acids is 2. The lowest BCUT2D eigenvalue weighted by Gasteiger charge is -2.62. The van der Waals surface area contributed by atoms with Crippen LogP contribution in [-0.4, -0.2) is 28.4 Å². The Morgan fingerprint density at radius 2 is 1.83 bits per heavy atom. The third-order valence-corrected chi connectivity index (χ3v) is 7.75. The smallest absolute Gasteiger partial charge is 0.155 e. The van der Waals surface area contributed by atoms with E-state index >= 15 is 4.39 Å². The van der Waals surface area contributed by atoms with Crippen molar-refractivity contribution in [3.63, 3.8) is 0 Å². The molecule has 3 nitrogen and oxygen atoms in total. The minimum atomic E-state index is -1.72. The van der Waals surface area contributed by atoms with Gasteiger partial charge in [0.2, 0.25) is 0 Å². The second kappa shape index (κ2) is 4.53. The predicted octanol–water partition coefficient (Wildman–Crippen LogP) is 3.15. The average molecular weight is 320 g/mol. The van der Waals surface area contributed by atoms with Crippen LogP contribution in [0.5, 0.6) is 0 Å². The van der Waals surface area contributed by atoms with Gasteiger partial charge in [-0.2, -0.15) is 0 Å². The SMILES string of the molecule is C[C@]12CCC(=O)C=C1CC[C@H]1C3CCC(=O)[C@@]3(C)C[C@H](O)[C@@]12F. The van der Waals surface area contributed by atoms with Crippen molar-refractivity contribution in [3.8, 4) is 0 Å². The number of hydrogen-bond acceptors (Lipinski definition) is 3. The van der Waals surface area contributed by atoms with Crippen LogP contribution in [0.2, 0.25) is 0 Å². The number of ketones is 2. The summed E-state index contributed by atoms with van der Waals surface area (Å²) in [6.07, 6.45) is 4.15. The maximum absolute atomic E-state index is 16.5. The lowest BCUT2D eigenvalue weighted by molar-refractivity contribution is -0.202. The van der Waals surface area contributed by atoms with E-state index in [9.17, 15) is 14.7 Å². The Balaban J connectivity index is 1.83. The number of Topliss-reactive ketones (excluding diaryl/α,β-unsaturated/α-hetero) is 1. The van der Waals surface area contributed by atoms with Crippen LogP contribution >= 0.6 is 0 Å². The second-order valence-corrected chi connectivity index (χ2v) is 8.59. The Kier molecular flexibility index (Phi) is 3.05. The Bertz CT molecular complexity index is 626. The first-order valence-corrected chi connectivity index (χ1v) is 8.87. The topological polar surface area (TPSA) is 54.4 Å². The van der Waals surface area contributed by atoms with Crippen molar-refractivity contribution < 1.29 is 19.1 Å². The van der Waals surface area contributed by atoms with Crippen LogP contribution in [0.1, 0.15) is 58.8 Å². The highest BCUT2D eigenvalue weighted by atomic mass is 19.1. The number of allylic oxidation sites excluding steroid dienone is 1. The van der Waals surface area contributed by atoms with Crippen molar-refractivity contribution in [2.45, 2.75) is 70.6 Å². The molecule has 0 radical (unpaired) electrons. The summed E-state index contributed by atoms with van der Waals surface area (Å²) in [7, 11) is 0. The van der Waals surface area contributed by atoms with Crippen LogP contribution in [0.3, 0.4) is 0 Å². The highest BCUT2D eigenvalue weighted by molar-refractivity contribution is 5.92. The van der Waals surface area contributed by atoms with Gasteiger partial charge in [0.15, 0.2) is 5.78 Å². The van der Waals surface area contributed by atoms with E-state index in [2.05, 4.69) is 0 Å². The van der Waals surface area contributed by atoms with E-state index in [0.717, 1.165) is 12.0 Å². The van der Waals surface area contributed by atoms with E-state index in [1.165, 1.54) is 0 Å². The number of hydrogen-bond donors (Lipinski definition) is 1. The number of fused-ring (bicyclic) bond motifs is 5. The highest BCUT2D eigenvalue weighted by Crippen LogP contribution is 2.67. The standard InChI is InChI=1S/C19H25FO3/c1-17-10-16(23)19(20)14(13(17)5-6-15(17)22)4-3-11-9-12(21)7-8-18(11,19)2/h9,13-14,16,23H,3-8,10H2,1-2H3/t13?,14-,16-,17-,18-,19-/m0/s1. The molecule has 0 saturated heterocycles. The third kappa shape index (κ3) is 1.68. The molecule has 4 aliphatic carbocycles. The van der Waals surface area contributed by atoms with Gasteiger partial charge in [-0.3, -0.25) is 9.59 Å². The number of aliphatic hydroxyl groups is 1. The van der Waals surface area contributed by atoms with Crippen molar-refractivity contribution in [1.29, 1.82) is 0 Å². The van der Waals surface area contributed by atoms with Gasteiger partial charge in [0, 0.05) is 29.6 Å². The van der Waals surface area contributed by atoms with Crippen LogP contribution < -0.4 is 0 Å². The minimum absolute atomic E-state index is 0.0272. The molecule has 3 fully saturated rings. The van der Waals surface area contributed by atoms with Crippen LogP contribution in [0.25, 0.3) is 0 Å². The Hall–Kier alpha value is -1.03. The van der Waals surface area contributed by atoms with Crippen LogP contribution in [0.4, 0.5) is 4.39 Å². The summed E-state index contributed by atoms with van der Waals surface area (Å²) in [5.74, 6) is 0.0112. The molecule has 1 N–H and O–H groups in total. The van der Waals surface area contributed by atoms with Gasteiger partial charge >= 0.3 is 0 Å². The molecule has 0 heterocycles. The van der Waals surface area contributed by atoms with Gasteiger partial charge in [-0.1, -0.05) is 19.4 Å². The van der Waals surface area contributed by atoms with Crippen molar-refractivity contribution >= 4 is 11.6 Å². The molecule has 23 heavy (non-hydrogen) atoms. The van der Waals surface area contributed by atoms with E-state index in [0.29, 0.717) is 32.1 Å². The van der Waals surface area contributed by atoms with Gasteiger partial charge in [0.05, 0.1) is 6.10 Å². The monoisotopic (exact) mass is 320 g/mol. The maximum atomic E-state index is 16.5. The van der Waals surface area contributed by atoms with E-state index < -0.39 is 22.6 Å². The Morgan fingerprint density at radius 1 is 1.13 bits per heavy atom. The summed E-state index contributed by atoms with van der Waals surface area (Å²) >= 11 is 0. The quantitative estimate of drug-likeness (QED) is 0.746. The van der Waals surface area contributed by atoms with Gasteiger partial charge < -0.3 is 5.11 Å². The molecule has 0 aromatic heterocycles. The van der Waals surface area contributed by atoms with E-state index in [1.807, 2.05) is 13.8 Å². The molecule has 1 unspecified atom stereocenters. The summed E-state index contributed by atoms with van der Waals surface area (Å²) in [4.78, 5) is 24.1. The molecule has 0 aromatic carbocycles. The van der Waals surface area contributed by atoms with Crippen LogP contribution in [0.15, 0.2) is 11.6 Å². The fourth-order valence-electron chi connectivity index (χ4n) is 6.34. The molecule has 0 amide bonds. The van der Waals surface area contributed by atoms with Crippen molar-refractivity contribution in [2.24, 2.45) is 22.7 Å². The van der Waals surface area contributed by atoms with Crippen molar-refractivity contribution in [1.82, 2.24) is 0 Å². The van der Waals surface area contributed by atoms with Crippen LogP contribution in [0, 0.1) is 22.7 Å². The Labute approximate surface area is 136 Å². The molecule has 0 aliphatic heterocycles. The molecule has 4 rings (SSSR count). The van der Waals surface area contributed by atoms with Gasteiger partial charge in [-0.15, -0.1) is 0 Å². The summed E-state index contributed by atoms with van der Waals surface area (Å²) in [6.45, 7) is 3.81. The maximum Gasteiger partial charge on any atom is 0.155 e. The molecule has 4 heteroatoms. The lowest BCUT2D eigenvalue weighted by Crippen LogP contribution is -2.67. The molecule has 6 atom stereocenters.